The zero-order valence-electron chi connectivity index (χ0n) is 34.8. The second kappa shape index (κ2) is 22.5. The van der Waals surface area contributed by atoms with Gasteiger partial charge in [0.1, 0.15) is 0 Å². The molecule has 2 unspecified atom stereocenters. The minimum absolute atomic E-state index is 0.187. The standard InChI is InChI=1S/2C23H27.C2H4BN2O2.2ClH.Zr/c2*1-6-16(2)19-11-7-8-12-20(19)21-13-9-10-17-14-18(15-22(17)21)23(3,4)5;6-1-4-3-5-2-7;;;/h2*7-16H,6H2,1-5H3;1-2H,(H,4,6)(H,5,7);2*1H;/q2*-1;;;;+4/p-2. The van der Waals surface area contributed by atoms with Gasteiger partial charge in [-0.15, -0.1) is 69.1 Å². The molecule has 0 saturated carbocycles. The summed E-state index contributed by atoms with van der Waals surface area (Å²) in [5.41, 5.74) is 11.6. The molecule has 0 heterocycles. The molecule has 6 aromatic rings. The molecular formula is C48H58BCl2N2O2Zr. The number of carbonyl (C=O) groups excluding carboxylic acids is 2. The Kier molecular flexibility index (Phi) is 18.9. The van der Waals surface area contributed by atoms with Gasteiger partial charge in [-0.2, -0.15) is 12.1 Å². The van der Waals surface area contributed by atoms with Crippen molar-refractivity contribution in [3.63, 3.8) is 0 Å². The fourth-order valence-electron chi connectivity index (χ4n) is 6.71. The molecule has 0 fully saturated rings. The molecule has 293 valence electrons. The third-order valence-electron chi connectivity index (χ3n) is 10.3. The van der Waals surface area contributed by atoms with Crippen LogP contribution in [-0.2, 0) is 41.3 Å². The third-order valence-corrected chi connectivity index (χ3v) is 10.3. The molecule has 2 N–H and O–H groups in total. The van der Waals surface area contributed by atoms with E-state index in [0.717, 1.165) is 7.55 Å². The second-order valence-corrected chi connectivity index (χ2v) is 19.9. The van der Waals surface area contributed by atoms with E-state index in [1.807, 2.05) is 0 Å². The second-order valence-electron chi connectivity index (χ2n) is 16.2. The van der Waals surface area contributed by atoms with Crippen LogP contribution in [0.25, 0.3) is 43.8 Å². The molecule has 0 bridgehead atoms. The van der Waals surface area contributed by atoms with Gasteiger partial charge in [0.15, 0.2) is 12.8 Å². The van der Waals surface area contributed by atoms with Gasteiger partial charge in [-0.25, -0.2) is 0 Å². The van der Waals surface area contributed by atoms with Crippen molar-refractivity contribution in [2.75, 3.05) is 0 Å². The SMILES string of the molecule is CCC(C)c1ccccc1-c1cccc2[cH-]c(C(C)(C)C)cc12.CCC(C)c1ccccc1-c1cccc2[cH-]c(C(C)(C)C)cc12.O=CN[B]NC=O.[Cl][Zr+2][Cl]. The van der Waals surface area contributed by atoms with Crippen molar-refractivity contribution in [2.45, 2.75) is 105 Å². The Morgan fingerprint density at radius 3 is 1.27 bits per heavy atom. The van der Waals surface area contributed by atoms with E-state index in [-0.39, 0.29) is 10.8 Å². The predicted molar refractivity (Wildman–Crippen MR) is 241 cm³/mol. The van der Waals surface area contributed by atoms with Crippen molar-refractivity contribution < 1.29 is 30.4 Å². The fraction of sp³-hybridized carbons (Fsp3) is 0.333. The summed E-state index contributed by atoms with van der Waals surface area (Å²) in [5.74, 6) is 1.16. The first-order chi connectivity index (χ1) is 26.7. The first kappa shape index (κ1) is 46.9. The van der Waals surface area contributed by atoms with E-state index in [1.54, 1.807) is 0 Å². The third kappa shape index (κ3) is 12.8. The summed E-state index contributed by atoms with van der Waals surface area (Å²) in [4.78, 5) is 18.8. The van der Waals surface area contributed by atoms with E-state index in [2.05, 4.69) is 189 Å². The average molecular weight is 868 g/mol. The molecule has 8 heteroatoms. The van der Waals surface area contributed by atoms with Crippen LogP contribution in [-0.4, -0.2) is 20.4 Å². The number of hydrogen-bond acceptors (Lipinski definition) is 2. The van der Waals surface area contributed by atoms with E-state index in [9.17, 15) is 9.59 Å². The summed E-state index contributed by atoms with van der Waals surface area (Å²) in [5, 5.41) is 9.67. The van der Waals surface area contributed by atoms with Gasteiger partial charge in [0.05, 0.1) is 0 Å². The zero-order chi connectivity index (χ0) is 41.5. The van der Waals surface area contributed by atoms with Crippen molar-refractivity contribution in [1.29, 1.82) is 0 Å². The van der Waals surface area contributed by atoms with Gasteiger partial charge in [0, 0.05) is 0 Å². The van der Waals surface area contributed by atoms with Gasteiger partial charge in [-0.3, -0.25) is 9.59 Å². The van der Waals surface area contributed by atoms with Crippen molar-refractivity contribution in [2.24, 2.45) is 0 Å². The van der Waals surface area contributed by atoms with Crippen LogP contribution in [0.2, 0.25) is 0 Å². The molecule has 0 aliphatic rings. The molecule has 0 aliphatic carbocycles. The zero-order valence-corrected chi connectivity index (χ0v) is 38.7. The van der Waals surface area contributed by atoms with Crippen LogP contribution in [0.15, 0.2) is 109 Å². The fourth-order valence-corrected chi connectivity index (χ4v) is 6.71. The van der Waals surface area contributed by atoms with Crippen LogP contribution in [0.4, 0.5) is 0 Å². The van der Waals surface area contributed by atoms with Crippen LogP contribution in [0.1, 0.15) is 116 Å². The molecule has 4 nitrogen and oxygen atoms in total. The Balaban J connectivity index is 0.000000243. The molecule has 2 atom stereocenters. The predicted octanol–water partition coefficient (Wildman–Crippen LogP) is 13.5. The van der Waals surface area contributed by atoms with Crippen LogP contribution in [0.3, 0.4) is 0 Å². The first-order valence-electron chi connectivity index (χ1n) is 19.4. The minimum atomic E-state index is -0.826. The number of carbonyl (C=O) groups is 2. The molecule has 0 saturated heterocycles. The van der Waals surface area contributed by atoms with Crippen molar-refractivity contribution in [3.8, 4) is 22.3 Å². The number of halogens is 2. The molecule has 2 amide bonds. The molecule has 0 aromatic heterocycles. The molecule has 6 aromatic carbocycles. The van der Waals surface area contributed by atoms with E-state index >= 15 is 0 Å². The number of benzene rings is 4. The van der Waals surface area contributed by atoms with Crippen molar-refractivity contribution in [3.05, 3.63) is 131 Å². The van der Waals surface area contributed by atoms with Crippen molar-refractivity contribution in [1.82, 2.24) is 10.5 Å². The van der Waals surface area contributed by atoms with Crippen LogP contribution >= 0.6 is 17.0 Å². The Bertz CT molecular complexity index is 1980. The van der Waals surface area contributed by atoms with Crippen LogP contribution < -0.4 is 10.5 Å². The summed E-state index contributed by atoms with van der Waals surface area (Å²) < 4.78 is 0. The molecule has 56 heavy (non-hydrogen) atoms. The Hall–Kier alpha value is -3.43. The molecule has 0 aliphatic heterocycles. The maximum atomic E-state index is 9.38. The molecule has 1 radical (unpaired) electrons. The van der Waals surface area contributed by atoms with Gasteiger partial charge in [-0.05, 0) is 57.8 Å². The number of hydrogen-bond donors (Lipinski definition) is 2. The Morgan fingerprint density at radius 1 is 0.607 bits per heavy atom. The number of fused-ring (bicyclic) bond motifs is 2. The van der Waals surface area contributed by atoms with Gasteiger partial charge in [-0.1, -0.05) is 141 Å². The van der Waals surface area contributed by atoms with Gasteiger partial charge in [0.25, 0.3) is 0 Å². The van der Waals surface area contributed by atoms with Gasteiger partial charge >= 0.3 is 45.4 Å². The maximum absolute atomic E-state index is 9.38. The molecule has 6 rings (SSSR count). The average Bonchev–Trinajstić information content (AvgIpc) is 3.85. The number of rotatable bonds is 10. The topological polar surface area (TPSA) is 58.2 Å². The van der Waals surface area contributed by atoms with Crippen LogP contribution in [0.5, 0.6) is 0 Å². The summed E-state index contributed by atoms with van der Waals surface area (Å²) in [6.07, 6.45) is 3.25. The first-order valence-corrected chi connectivity index (χ1v) is 25.7. The molecular weight excluding hydrogens is 809 g/mol. The summed E-state index contributed by atoms with van der Waals surface area (Å²) in [6, 6.07) is 40.7. The van der Waals surface area contributed by atoms with Gasteiger partial charge < -0.3 is 10.5 Å². The van der Waals surface area contributed by atoms with Gasteiger partial charge in [0.2, 0.25) is 0 Å². The Morgan fingerprint density at radius 2 is 0.946 bits per heavy atom. The van der Waals surface area contributed by atoms with E-state index in [1.165, 1.54) is 78.9 Å². The van der Waals surface area contributed by atoms with Crippen molar-refractivity contribution >= 4 is 58.9 Å². The van der Waals surface area contributed by atoms with E-state index < -0.39 is 20.8 Å². The van der Waals surface area contributed by atoms with E-state index in [0.29, 0.717) is 24.7 Å². The monoisotopic (exact) mass is 865 g/mol. The quantitative estimate of drug-likeness (QED) is 0.0624. The van der Waals surface area contributed by atoms with E-state index in [4.69, 9.17) is 17.0 Å². The number of amides is 2. The summed E-state index contributed by atoms with van der Waals surface area (Å²) in [7, 11) is 11.0. The Labute approximate surface area is 355 Å². The summed E-state index contributed by atoms with van der Waals surface area (Å²) >= 11 is -0.826. The van der Waals surface area contributed by atoms with Crippen LogP contribution in [0, 0.1) is 0 Å². The molecule has 0 spiro atoms. The number of nitrogens with one attached hydrogen (secondary N) is 2. The normalized spacial score (nSPS) is 12.0. The summed E-state index contributed by atoms with van der Waals surface area (Å²) in [6.45, 7) is 22.9.